The van der Waals surface area contributed by atoms with E-state index in [0.29, 0.717) is 5.69 Å². The lowest BCUT2D eigenvalue weighted by molar-refractivity contribution is -0.113. The molecule has 1 amide bonds. The summed E-state index contributed by atoms with van der Waals surface area (Å²) in [6.07, 6.45) is 1.92. The van der Waals surface area contributed by atoms with Crippen LogP contribution in [-0.2, 0) is 4.79 Å². The molecule has 0 radical (unpaired) electrons. The van der Waals surface area contributed by atoms with E-state index in [9.17, 15) is 9.18 Å². The normalized spacial score (nSPS) is 10.5. The van der Waals surface area contributed by atoms with Gasteiger partial charge in [-0.05, 0) is 24.5 Å². The Morgan fingerprint density at radius 1 is 1.45 bits per heavy atom. The van der Waals surface area contributed by atoms with Crippen LogP contribution in [0.4, 0.5) is 15.8 Å². The molecular formula is C11H11FN4OS3. The molecule has 0 bridgehead atoms. The van der Waals surface area contributed by atoms with E-state index in [1.165, 1.54) is 53.1 Å². The number of rotatable bonds is 5. The van der Waals surface area contributed by atoms with Crippen molar-refractivity contribution < 1.29 is 9.18 Å². The van der Waals surface area contributed by atoms with Gasteiger partial charge >= 0.3 is 0 Å². The molecule has 9 heteroatoms. The fourth-order valence-corrected chi connectivity index (χ4v) is 3.52. The molecule has 0 aliphatic rings. The van der Waals surface area contributed by atoms with E-state index in [0.717, 1.165) is 8.68 Å². The van der Waals surface area contributed by atoms with E-state index in [4.69, 9.17) is 5.73 Å². The summed E-state index contributed by atoms with van der Waals surface area (Å²) in [7, 11) is 0. The lowest BCUT2D eigenvalue weighted by Gasteiger charge is -2.05. The molecule has 0 aliphatic heterocycles. The van der Waals surface area contributed by atoms with Crippen LogP contribution in [0.5, 0.6) is 0 Å². The monoisotopic (exact) mass is 330 g/mol. The number of hydrogen-bond acceptors (Lipinski definition) is 7. The lowest BCUT2D eigenvalue weighted by atomic mass is 10.2. The first-order valence-corrected chi connectivity index (χ1v) is 8.46. The molecule has 1 aromatic carbocycles. The van der Waals surface area contributed by atoms with E-state index in [-0.39, 0.29) is 17.3 Å². The maximum absolute atomic E-state index is 13.0. The molecule has 1 aromatic heterocycles. The van der Waals surface area contributed by atoms with Crippen LogP contribution in [0.1, 0.15) is 0 Å². The molecule has 2 aromatic rings. The van der Waals surface area contributed by atoms with Crippen LogP contribution >= 0.6 is 34.9 Å². The fourth-order valence-electron chi connectivity index (χ4n) is 1.28. The number of carbonyl (C=O) groups is 1. The standard InChI is InChI=1S/C11H11FN4OS3/c1-18-10-15-16-11(20-10)19-5-9(17)14-6-2-3-7(12)8(13)4-6/h2-4H,5,13H2,1H3,(H,14,17). The van der Waals surface area contributed by atoms with Crippen molar-refractivity contribution in [2.75, 3.05) is 23.1 Å². The van der Waals surface area contributed by atoms with Gasteiger partial charge in [-0.25, -0.2) is 4.39 Å². The summed E-state index contributed by atoms with van der Waals surface area (Å²) in [6.45, 7) is 0. The second-order valence-corrected chi connectivity index (χ2v) is 6.86. The van der Waals surface area contributed by atoms with Crippen molar-refractivity contribution in [1.29, 1.82) is 0 Å². The number of amides is 1. The first-order valence-electron chi connectivity index (χ1n) is 5.43. The lowest BCUT2D eigenvalue weighted by Crippen LogP contribution is -2.14. The molecule has 2 rings (SSSR count). The number of anilines is 2. The molecule has 3 N–H and O–H groups in total. The molecule has 0 saturated heterocycles. The Kier molecular flexibility index (Phi) is 5.21. The topological polar surface area (TPSA) is 80.9 Å². The summed E-state index contributed by atoms with van der Waals surface area (Å²) < 4.78 is 14.6. The Bertz CT molecular complexity index is 619. The van der Waals surface area contributed by atoms with Crippen molar-refractivity contribution in [2.45, 2.75) is 8.68 Å². The third-order valence-corrected chi connectivity index (χ3v) is 5.20. The number of carbonyl (C=O) groups excluding carboxylic acids is 1. The molecule has 1 heterocycles. The summed E-state index contributed by atoms with van der Waals surface area (Å²) in [5.74, 6) is -0.502. The number of nitrogens with zero attached hydrogens (tertiary/aromatic N) is 2. The summed E-state index contributed by atoms with van der Waals surface area (Å²) in [5.41, 5.74) is 5.90. The minimum absolute atomic E-state index is 0.00388. The van der Waals surface area contributed by atoms with Crippen LogP contribution in [-0.4, -0.2) is 28.1 Å². The predicted octanol–water partition coefficient (Wildman–Crippen LogP) is 2.71. The zero-order chi connectivity index (χ0) is 14.5. The number of thioether (sulfide) groups is 2. The molecular weight excluding hydrogens is 319 g/mol. The summed E-state index contributed by atoms with van der Waals surface area (Å²) in [6, 6.07) is 4.06. The Hall–Kier alpha value is -1.32. The Balaban J connectivity index is 1.87. The predicted molar refractivity (Wildman–Crippen MR) is 81.9 cm³/mol. The number of aromatic nitrogens is 2. The minimum atomic E-state index is -0.504. The van der Waals surface area contributed by atoms with Crippen molar-refractivity contribution in [2.24, 2.45) is 0 Å². The first kappa shape index (κ1) is 15.1. The molecule has 0 unspecified atom stereocenters. The molecule has 106 valence electrons. The molecule has 0 fully saturated rings. The van der Waals surface area contributed by atoms with Gasteiger partial charge in [-0.3, -0.25) is 4.79 Å². The third kappa shape index (κ3) is 4.09. The largest absolute Gasteiger partial charge is 0.396 e. The number of nitrogens with one attached hydrogen (secondary N) is 1. The quantitative estimate of drug-likeness (QED) is 0.648. The average Bonchev–Trinajstić information content (AvgIpc) is 2.89. The van der Waals surface area contributed by atoms with Crippen LogP contribution in [0.2, 0.25) is 0 Å². The maximum Gasteiger partial charge on any atom is 0.234 e. The smallest absolute Gasteiger partial charge is 0.234 e. The number of halogens is 1. The molecule has 0 atom stereocenters. The number of hydrogen-bond donors (Lipinski definition) is 2. The Labute approximate surface area is 127 Å². The highest BCUT2D eigenvalue weighted by Gasteiger charge is 2.09. The molecule has 0 saturated carbocycles. The van der Waals surface area contributed by atoms with Gasteiger partial charge in [-0.15, -0.1) is 10.2 Å². The van der Waals surface area contributed by atoms with Crippen LogP contribution in [0.3, 0.4) is 0 Å². The van der Waals surface area contributed by atoms with Crippen LogP contribution in [0.25, 0.3) is 0 Å². The van der Waals surface area contributed by atoms with Gasteiger partial charge < -0.3 is 11.1 Å². The molecule has 20 heavy (non-hydrogen) atoms. The van der Waals surface area contributed by atoms with Gasteiger partial charge in [0, 0.05) is 5.69 Å². The zero-order valence-electron chi connectivity index (χ0n) is 10.4. The van der Waals surface area contributed by atoms with Gasteiger partial charge in [0.2, 0.25) is 5.91 Å². The van der Waals surface area contributed by atoms with Gasteiger partial charge in [-0.1, -0.05) is 34.9 Å². The number of benzene rings is 1. The van der Waals surface area contributed by atoms with Gasteiger partial charge in [0.1, 0.15) is 5.82 Å². The fraction of sp³-hybridized carbons (Fsp3) is 0.182. The van der Waals surface area contributed by atoms with Crippen molar-refractivity contribution in [1.82, 2.24) is 10.2 Å². The number of nitrogen functional groups attached to an aromatic ring is 1. The van der Waals surface area contributed by atoms with E-state index in [2.05, 4.69) is 15.5 Å². The van der Waals surface area contributed by atoms with Crippen molar-refractivity contribution >= 4 is 52.1 Å². The minimum Gasteiger partial charge on any atom is -0.396 e. The van der Waals surface area contributed by atoms with E-state index < -0.39 is 5.82 Å². The van der Waals surface area contributed by atoms with Crippen molar-refractivity contribution in [3.8, 4) is 0 Å². The van der Waals surface area contributed by atoms with Gasteiger partial charge in [0.15, 0.2) is 8.68 Å². The van der Waals surface area contributed by atoms with Gasteiger partial charge in [0.25, 0.3) is 0 Å². The highest BCUT2D eigenvalue weighted by atomic mass is 32.2. The summed E-state index contributed by atoms with van der Waals surface area (Å²) in [4.78, 5) is 11.7. The molecule has 0 spiro atoms. The van der Waals surface area contributed by atoms with Crippen molar-refractivity contribution in [3.05, 3.63) is 24.0 Å². The van der Waals surface area contributed by atoms with E-state index in [1.54, 1.807) is 0 Å². The second kappa shape index (κ2) is 6.91. The highest BCUT2D eigenvalue weighted by Crippen LogP contribution is 2.27. The van der Waals surface area contributed by atoms with Crippen LogP contribution < -0.4 is 11.1 Å². The maximum atomic E-state index is 13.0. The Morgan fingerprint density at radius 2 is 2.20 bits per heavy atom. The van der Waals surface area contributed by atoms with E-state index in [1.807, 2.05) is 6.26 Å². The van der Waals surface area contributed by atoms with Crippen LogP contribution in [0.15, 0.2) is 26.9 Å². The average molecular weight is 330 g/mol. The molecule has 5 nitrogen and oxygen atoms in total. The number of nitrogens with two attached hydrogens (primary N) is 1. The third-order valence-electron chi connectivity index (χ3n) is 2.17. The molecule has 0 aliphatic carbocycles. The first-order chi connectivity index (χ1) is 9.58. The second-order valence-electron chi connectivity index (χ2n) is 3.61. The van der Waals surface area contributed by atoms with Gasteiger partial charge in [-0.2, -0.15) is 0 Å². The SMILES string of the molecule is CSc1nnc(SCC(=O)Nc2ccc(F)c(N)c2)s1. The van der Waals surface area contributed by atoms with E-state index >= 15 is 0 Å². The highest BCUT2D eigenvalue weighted by molar-refractivity contribution is 8.03. The summed E-state index contributed by atoms with van der Waals surface area (Å²) in [5, 5.41) is 10.5. The van der Waals surface area contributed by atoms with Crippen molar-refractivity contribution in [3.63, 3.8) is 0 Å². The Morgan fingerprint density at radius 3 is 2.85 bits per heavy atom. The van der Waals surface area contributed by atoms with Gasteiger partial charge in [0.05, 0.1) is 11.4 Å². The summed E-state index contributed by atoms with van der Waals surface area (Å²) >= 11 is 4.26. The zero-order valence-corrected chi connectivity index (χ0v) is 12.9. The van der Waals surface area contributed by atoms with Crippen LogP contribution in [0, 0.1) is 5.82 Å².